The van der Waals surface area contributed by atoms with Gasteiger partial charge in [-0.25, -0.2) is 9.78 Å². The number of hydrogen-bond donors (Lipinski definition) is 2. The maximum absolute atomic E-state index is 12.1. The van der Waals surface area contributed by atoms with Crippen LogP contribution in [0.25, 0.3) is 0 Å². The minimum atomic E-state index is -0.645. The Morgan fingerprint density at radius 3 is 2.76 bits per heavy atom. The van der Waals surface area contributed by atoms with Crippen molar-refractivity contribution in [3.05, 3.63) is 47.5 Å². The molecule has 0 spiro atoms. The molecule has 3 N–H and O–H groups in total. The second kappa shape index (κ2) is 6.08. The van der Waals surface area contributed by atoms with Crippen molar-refractivity contribution in [3.8, 4) is 0 Å². The van der Waals surface area contributed by atoms with Gasteiger partial charge in [-0.15, -0.1) is 0 Å². The molecule has 0 aliphatic carbocycles. The van der Waals surface area contributed by atoms with E-state index in [9.17, 15) is 9.59 Å². The van der Waals surface area contributed by atoms with E-state index in [1.807, 2.05) is 13.0 Å². The zero-order valence-corrected chi connectivity index (χ0v) is 11.8. The van der Waals surface area contributed by atoms with Crippen LogP contribution >= 0.6 is 0 Å². The Kier molecular flexibility index (Phi) is 4.22. The number of anilines is 1. The van der Waals surface area contributed by atoms with Crippen molar-refractivity contribution in [1.29, 1.82) is 0 Å². The monoisotopic (exact) mass is 288 g/mol. The predicted molar refractivity (Wildman–Crippen MR) is 76.7 cm³/mol. The van der Waals surface area contributed by atoms with Gasteiger partial charge in [0, 0.05) is 12.6 Å². The Morgan fingerprint density at radius 1 is 1.38 bits per heavy atom. The highest BCUT2D eigenvalue weighted by Crippen LogP contribution is 2.12. The number of urea groups is 1. The van der Waals surface area contributed by atoms with E-state index in [1.165, 1.54) is 11.0 Å². The van der Waals surface area contributed by atoms with Crippen molar-refractivity contribution in [1.82, 2.24) is 9.88 Å². The van der Waals surface area contributed by atoms with E-state index < -0.39 is 5.91 Å². The number of pyridine rings is 1. The number of amides is 3. The number of furan rings is 1. The number of hydrogen-bond acceptors (Lipinski definition) is 4. The van der Waals surface area contributed by atoms with Crippen LogP contribution in [-0.4, -0.2) is 28.9 Å². The standard InChI is InChI=1S/C14H16N4O3/c1-9-10(6-7-21-9)8-18(2)14(20)17-12-5-3-4-11(16-12)13(15)19/h3-7H,8H2,1-2H3,(H2,15,19)(H,16,17,20). The summed E-state index contributed by atoms with van der Waals surface area (Å²) in [7, 11) is 1.65. The minimum Gasteiger partial charge on any atom is -0.469 e. The molecule has 0 aliphatic heterocycles. The van der Waals surface area contributed by atoms with Gasteiger partial charge in [0.05, 0.1) is 12.8 Å². The van der Waals surface area contributed by atoms with Gasteiger partial charge in [0.25, 0.3) is 5.91 Å². The summed E-state index contributed by atoms with van der Waals surface area (Å²) in [5, 5.41) is 2.61. The second-order valence-corrected chi connectivity index (χ2v) is 4.56. The molecule has 3 amide bonds. The molecular formula is C14H16N4O3. The lowest BCUT2D eigenvalue weighted by atomic mass is 10.2. The number of aromatic nitrogens is 1. The first-order valence-corrected chi connectivity index (χ1v) is 6.29. The molecule has 2 heterocycles. The van der Waals surface area contributed by atoms with Crippen molar-refractivity contribution >= 4 is 17.8 Å². The molecule has 2 aromatic heterocycles. The van der Waals surface area contributed by atoms with Crippen LogP contribution in [0.4, 0.5) is 10.6 Å². The fourth-order valence-corrected chi connectivity index (χ4v) is 1.75. The van der Waals surface area contributed by atoms with E-state index in [4.69, 9.17) is 10.2 Å². The smallest absolute Gasteiger partial charge is 0.323 e. The summed E-state index contributed by atoms with van der Waals surface area (Å²) in [4.78, 5) is 28.5. The molecule has 7 nitrogen and oxygen atoms in total. The van der Waals surface area contributed by atoms with Gasteiger partial charge < -0.3 is 15.1 Å². The van der Waals surface area contributed by atoms with Crippen molar-refractivity contribution < 1.29 is 14.0 Å². The maximum Gasteiger partial charge on any atom is 0.323 e. The molecule has 21 heavy (non-hydrogen) atoms. The van der Waals surface area contributed by atoms with Crippen LogP contribution in [0.1, 0.15) is 21.8 Å². The molecule has 2 rings (SSSR count). The highest BCUT2D eigenvalue weighted by molar-refractivity contribution is 5.92. The fourth-order valence-electron chi connectivity index (χ4n) is 1.75. The van der Waals surface area contributed by atoms with Crippen LogP contribution < -0.4 is 11.1 Å². The van der Waals surface area contributed by atoms with Crippen LogP contribution in [0.2, 0.25) is 0 Å². The Balaban J connectivity index is 2.02. The SMILES string of the molecule is Cc1occc1CN(C)C(=O)Nc1cccc(C(N)=O)n1. The number of nitrogens with one attached hydrogen (secondary N) is 1. The number of carbonyl (C=O) groups excluding carboxylic acids is 2. The average molecular weight is 288 g/mol. The normalized spacial score (nSPS) is 10.2. The number of rotatable bonds is 4. The topological polar surface area (TPSA) is 101 Å². The molecule has 0 atom stereocenters. The molecule has 0 radical (unpaired) electrons. The van der Waals surface area contributed by atoms with Gasteiger partial charge in [0.1, 0.15) is 17.3 Å². The first-order valence-electron chi connectivity index (χ1n) is 6.29. The third-order valence-corrected chi connectivity index (χ3v) is 2.96. The number of aryl methyl sites for hydroxylation is 1. The number of primary amides is 1. The summed E-state index contributed by atoms with van der Waals surface area (Å²) < 4.78 is 5.18. The molecule has 110 valence electrons. The maximum atomic E-state index is 12.1. The van der Waals surface area contributed by atoms with Crippen molar-refractivity contribution in [2.45, 2.75) is 13.5 Å². The first kappa shape index (κ1) is 14.6. The van der Waals surface area contributed by atoms with Gasteiger partial charge in [0.15, 0.2) is 0 Å². The minimum absolute atomic E-state index is 0.0983. The summed E-state index contributed by atoms with van der Waals surface area (Å²) in [5.41, 5.74) is 6.17. The summed E-state index contributed by atoms with van der Waals surface area (Å²) in [5.74, 6) is 0.393. The van der Waals surface area contributed by atoms with E-state index in [0.29, 0.717) is 6.54 Å². The van der Waals surface area contributed by atoms with E-state index >= 15 is 0 Å². The van der Waals surface area contributed by atoms with Crippen molar-refractivity contribution in [2.24, 2.45) is 5.73 Å². The van der Waals surface area contributed by atoms with Gasteiger partial charge in [-0.2, -0.15) is 0 Å². The summed E-state index contributed by atoms with van der Waals surface area (Å²) in [6.07, 6.45) is 1.58. The Bertz CT molecular complexity index is 666. The van der Waals surface area contributed by atoms with Gasteiger partial charge >= 0.3 is 6.03 Å². The lowest BCUT2D eigenvalue weighted by Gasteiger charge is -2.17. The first-order chi connectivity index (χ1) is 9.97. The van der Waals surface area contributed by atoms with Crippen LogP contribution in [-0.2, 0) is 6.54 Å². The zero-order chi connectivity index (χ0) is 15.4. The molecule has 7 heteroatoms. The molecule has 0 fully saturated rings. The van der Waals surface area contributed by atoms with E-state index in [-0.39, 0.29) is 17.5 Å². The summed E-state index contributed by atoms with van der Waals surface area (Å²) in [6, 6.07) is 6.14. The third kappa shape index (κ3) is 3.59. The highest BCUT2D eigenvalue weighted by atomic mass is 16.3. The Morgan fingerprint density at radius 2 is 2.14 bits per heavy atom. The quantitative estimate of drug-likeness (QED) is 0.894. The number of nitrogens with two attached hydrogens (primary N) is 1. The molecule has 2 aromatic rings. The Labute approximate surface area is 121 Å². The molecule has 0 aliphatic rings. The van der Waals surface area contributed by atoms with E-state index in [2.05, 4.69) is 10.3 Å². The predicted octanol–water partition coefficient (Wildman–Crippen LogP) is 1.75. The van der Waals surface area contributed by atoms with Crippen LogP contribution in [0.15, 0.2) is 34.9 Å². The number of nitrogens with zero attached hydrogens (tertiary/aromatic N) is 2. The molecule has 0 aromatic carbocycles. The van der Waals surface area contributed by atoms with Crippen molar-refractivity contribution in [3.63, 3.8) is 0 Å². The molecular weight excluding hydrogens is 272 g/mol. The molecule has 0 bridgehead atoms. The van der Waals surface area contributed by atoms with Crippen LogP contribution in [0.3, 0.4) is 0 Å². The largest absolute Gasteiger partial charge is 0.469 e. The summed E-state index contributed by atoms with van der Waals surface area (Å²) in [6.45, 7) is 2.24. The molecule has 0 unspecified atom stereocenters. The van der Waals surface area contributed by atoms with Crippen molar-refractivity contribution in [2.75, 3.05) is 12.4 Å². The fraction of sp³-hybridized carbons (Fsp3) is 0.214. The van der Waals surface area contributed by atoms with Gasteiger partial charge in [-0.05, 0) is 25.1 Å². The lowest BCUT2D eigenvalue weighted by Crippen LogP contribution is -2.31. The Hall–Kier alpha value is -2.83. The number of carbonyl (C=O) groups is 2. The van der Waals surface area contributed by atoms with E-state index in [1.54, 1.807) is 25.4 Å². The third-order valence-electron chi connectivity index (χ3n) is 2.96. The molecule has 0 saturated heterocycles. The van der Waals surface area contributed by atoms with Gasteiger partial charge in [-0.1, -0.05) is 6.07 Å². The van der Waals surface area contributed by atoms with Gasteiger partial charge in [-0.3, -0.25) is 10.1 Å². The zero-order valence-electron chi connectivity index (χ0n) is 11.8. The summed E-state index contributed by atoms with van der Waals surface area (Å²) >= 11 is 0. The molecule has 0 saturated carbocycles. The lowest BCUT2D eigenvalue weighted by molar-refractivity contribution is 0.0995. The van der Waals surface area contributed by atoms with Crippen LogP contribution in [0, 0.1) is 6.92 Å². The average Bonchev–Trinajstić information content (AvgIpc) is 2.84. The highest BCUT2D eigenvalue weighted by Gasteiger charge is 2.13. The van der Waals surface area contributed by atoms with Gasteiger partial charge in [0.2, 0.25) is 0 Å². The second-order valence-electron chi connectivity index (χ2n) is 4.56. The van der Waals surface area contributed by atoms with Crippen LogP contribution in [0.5, 0.6) is 0 Å². The van der Waals surface area contributed by atoms with E-state index in [0.717, 1.165) is 11.3 Å².